The second-order valence-electron chi connectivity index (χ2n) is 3.66. The first kappa shape index (κ1) is 12.5. The highest BCUT2D eigenvalue weighted by Gasteiger charge is 2.10. The summed E-state index contributed by atoms with van der Waals surface area (Å²) in [7, 11) is 0. The van der Waals surface area contributed by atoms with Gasteiger partial charge in [0.05, 0.1) is 11.8 Å². The van der Waals surface area contributed by atoms with Crippen LogP contribution in [-0.4, -0.2) is 15.8 Å². The van der Waals surface area contributed by atoms with E-state index in [2.05, 4.69) is 25.9 Å². The van der Waals surface area contributed by atoms with Crippen molar-refractivity contribution in [1.82, 2.24) is 9.97 Å². The summed E-state index contributed by atoms with van der Waals surface area (Å²) in [6.07, 6.45) is 3.22. The van der Waals surface area contributed by atoms with Crippen LogP contribution in [0.5, 0.6) is 11.6 Å². The van der Waals surface area contributed by atoms with Crippen LogP contribution in [0.1, 0.15) is 11.3 Å². The van der Waals surface area contributed by atoms with E-state index in [-0.39, 0.29) is 5.84 Å². The largest absolute Gasteiger partial charge is 0.437 e. The van der Waals surface area contributed by atoms with Crippen molar-refractivity contribution >= 4 is 21.8 Å². The molecule has 0 aliphatic rings. The lowest BCUT2D eigenvalue weighted by Gasteiger charge is -2.09. The number of hydrogen-bond acceptors (Lipinski definition) is 4. The zero-order valence-corrected chi connectivity index (χ0v) is 11.2. The number of amidine groups is 1. The predicted octanol–water partition coefficient (Wildman–Crippen LogP) is 2.62. The molecule has 0 radical (unpaired) electrons. The average Bonchev–Trinajstić information content (AvgIpc) is 2.28. The maximum absolute atomic E-state index is 7.49. The molecular formula is C12H11BrN4O. The molecule has 0 saturated heterocycles. The third-order valence-corrected chi connectivity index (χ3v) is 2.62. The van der Waals surface area contributed by atoms with E-state index < -0.39 is 0 Å². The molecule has 0 spiro atoms. The third-order valence-electron chi connectivity index (χ3n) is 2.18. The molecule has 5 nitrogen and oxygen atoms in total. The van der Waals surface area contributed by atoms with Crippen molar-refractivity contribution in [2.45, 2.75) is 6.92 Å². The highest BCUT2D eigenvalue weighted by Crippen LogP contribution is 2.24. The molecule has 6 heteroatoms. The molecule has 0 atom stereocenters. The minimum absolute atomic E-state index is 0.0829. The van der Waals surface area contributed by atoms with Gasteiger partial charge in [-0.3, -0.25) is 10.4 Å². The van der Waals surface area contributed by atoms with E-state index in [4.69, 9.17) is 15.9 Å². The summed E-state index contributed by atoms with van der Waals surface area (Å²) >= 11 is 3.31. The summed E-state index contributed by atoms with van der Waals surface area (Å²) < 4.78 is 6.41. The van der Waals surface area contributed by atoms with Crippen LogP contribution in [-0.2, 0) is 0 Å². The molecule has 3 N–H and O–H groups in total. The maximum Gasteiger partial charge on any atom is 0.230 e. The molecule has 2 rings (SSSR count). The quantitative estimate of drug-likeness (QED) is 0.674. The van der Waals surface area contributed by atoms with Gasteiger partial charge in [0.1, 0.15) is 11.6 Å². The van der Waals surface area contributed by atoms with Gasteiger partial charge in [-0.1, -0.05) is 0 Å². The van der Waals surface area contributed by atoms with Crippen molar-refractivity contribution in [2.75, 3.05) is 0 Å². The van der Waals surface area contributed by atoms with Gasteiger partial charge in [0.25, 0.3) is 0 Å². The lowest BCUT2D eigenvalue weighted by Crippen LogP contribution is -2.13. The van der Waals surface area contributed by atoms with E-state index in [9.17, 15) is 0 Å². The zero-order chi connectivity index (χ0) is 13.1. The molecule has 0 bridgehead atoms. The van der Waals surface area contributed by atoms with Gasteiger partial charge in [-0.2, -0.15) is 0 Å². The Morgan fingerprint density at radius 3 is 2.83 bits per heavy atom. The molecule has 0 aliphatic carbocycles. The molecule has 0 amide bonds. The van der Waals surface area contributed by atoms with Gasteiger partial charge in [-0.25, -0.2) is 4.98 Å². The highest BCUT2D eigenvalue weighted by atomic mass is 79.9. The predicted molar refractivity (Wildman–Crippen MR) is 72.0 cm³/mol. The minimum Gasteiger partial charge on any atom is -0.437 e. The molecule has 0 unspecified atom stereocenters. The van der Waals surface area contributed by atoms with Gasteiger partial charge >= 0.3 is 0 Å². The van der Waals surface area contributed by atoms with E-state index in [1.54, 1.807) is 30.6 Å². The Morgan fingerprint density at radius 1 is 1.39 bits per heavy atom. The number of halogens is 1. The number of hydrogen-bond donors (Lipinski definition) is 2. The van der Waals surface area contributed by atoms with Crippen LogP contribution in [0.3, 0.4) is 0 Å². The molecule has 2 heterocycles. The first-order chi connectivity index (χ1) is 8.56. The topological polar surface area (TPSA) is 84.9 Å². The molecule has 2 aromatic heterocycles. The number of ether oxygens (including phenoxy) is 1. The van der Waals surface area contributed by atoms with Crippen LogP contribution >= 0.6 is 15.9 Å². The normalized spacial score (nSPS) is 10.1. The van der Waals surface area contributed by atoms with Gasteiger partial charge in [-0.15, -0.1) is 0 Å². The number of nitrogens with one attached hydrogen (secondary N) is 1. The number of aromatic nitrogens is 2. The Kier molecular flexibility index (Phi) is 3.57. The summed E-state index contributed by atoms with van der Waals surface area (Å²) in [5.74, 6) is 0.757. The summed E-state index contributed by atoms with van der Waals surface area (Å²) in [6.45, 7) is 1.84. The first-order valence-electron chi connectivity index (χ1n) is 5.16. The maximum atomic E-state index is 7.49. The number of nitrogens with two attached hydrogens (primary N) is 1. The molecule has 0 aliphatic heterocycles. The minimum atomic E-state index is -0.0829. The molecule has 2 aromatic rings. The summed E-state index contributed by atoms with van der Waals surface area (Å²) in [5, 5.41) is 7.49. The number of aryl methyl sites for hydroxylation is 1. The van der Waals surface area contributed by atoms with Crippen LogP contribution in [0.25, 0.3) is 0 Å². The van der Waals surface area contributed by atoms with Crippen LogP contribution < -0.4 is 10.5 Å². The summed E-state index contributed by atoms with van der Waals surface area (Å²) in [6, 6.07) is 5.26. The van der Waals surface area contributed by atoms with Crippen molar-refractivity contribution in [3.05, 3.63) is 46.3 Å². The fourth-order valence-corrected chi connectivity index (χ4v) is 1.72. The Bertz CT molecular complexity index is 600. The SMILES string of the molecule is Cc1ccc(C(=N)N)c(Oc2cncc(Br)c2)n1. The standard InChI is InChI=1S/C12H11BrN4O/c1-7-2-3-10(11(14)15)12(17-7)18-9-4-8(13)5-16-6-9/h2-6H,1H3,(H3,14,15). The molecule has 0 fully saturated rings. The van der Waals surface area contributed by atoms with Gasteiger partial charge in [0, 0.05) is 16.4 Å². The van der Waals surface area contributed by atoms with Gasteiger partial charge in [-0.05, 0) is 41.1 Å². The second kappa shape index (κ2) is 5.14. The molecule has 0 saturated carbocycles. The van der Waals surface area contributed by atoms with Crippen LogP contribution in [0.2, 0.25) is 0 Å². The Labute approximate surface area is 113 Å². The van der Waals surface area contributed by atoms with E-state index in [0.717, 1.165) is 10.2 Å². The first-order valence-corrected chi connectivity index (χ1v) is 5.96. The molecule has 0 aromatic carbocycles. The van der Waals surface area contributed by atoms with E-state index in [0.29, 0.717) is 17.2 Å². The number of nitrogen functional groups attached to an aromatic ring is 1. The monoisotopic (exact) mass is 306 g/mol. The average molecular weight is 307 g/mol. The molecular weight excluding hydrogens is 296 g/mol. The molecule has 92 valence electrons. The van der Waals surface area contributed by atoms with E-state index >= 15 is 0 Å². The van der Waals surface area contributed by atoms with Crippen molar-refractivity contribution < 1.29 is 4.74 Å². The van der Waals surface area contributed by atoms with Gasteiger partial charge in [0.15, 0.2) is 0 Å². The van der Waals surface area contributed by atoms with Crippen molar-refractivity contribution in [3.8, 4) is 11.6 Å². The summed E-state index contributed by atoms with van der Waals surface area (Å²) in [5.41, 5.74) is 6.74. The fourth-order valence-electron chi connectivity index (χ4n) is 1.38. The van der Waals surface area contributed by atoms with E-state index in [1.165, 1.54) is 0 Å². The van der Waals surface area contributed by atoms with Crippen LogP contribution in [0.15, 0.2) is 35.1 Å². The Hall–Kier alpha value is -1.95. The zero-order valence-electron chi connectivity index (χ0n) is 9.64. The van der Waals surface area contributed by atoms with E-state index in [1.807, 2.05) is 6.92 Å². The smallest absolute Gasteiger partial charge is 0.230 e. The van der Waals surface area contributed by atoms with Gasteiger partial charge in [0.2, 0.25) is 5.88 Å². The lowest BCUT2D eigenvalue weighted by atomic mass is 10.2. The van der Waals surface area contributed by atoms with Gasteiger partial charge < -0.3 is 10.5 Å². The van der Waals surface area contributed by atoms with Crippen LogP contribution in [0, 0.1) is 12.3 Å². The number of nitrogens with zero attached hydrogens (tertiary/aromatic N) is 2. The number of rotatable bonds is 3. The molecule has 18 heavy (non-hydrogen) atoms. The fraction of sp³-hybridized carbons (Fsp3) is 0.0833. The Balaban J connectivity index is 2.39. The second-order valence-corrected chi connectivity index (χ2v) is 4.58. The van der Waals surface area contributed by atoms with Crippen molar-refractivity contribution in [2.24, 2.45) is 5.73 Å². The Morgan fingerprint density at radius 2 is 2.17 bits per heavy atom. The third kappa shape index (κ3) is 2.84. The summed E-state index contributed by atoms with van der Waals surface area (Å²) in [4.78, 5) is 8.23. The highest BCUT2D eigenvalue weighted by molar-refractivity contribution is 9.10. The van der Waals surface area contributed by atoms with Crippen molar-refractivity contribution in [3.63, 3.8) is 0 Å². The lowest BCUT2D eigenvalue weighted by molar-refractivity contribution is 0.458. The van der Waals surface area contributed by atoms with Crippen LogP contribution in [0.4, 0.5) is 0 Å². The van der Waals surface area contributed by atoms with Crippen molar-refractivity contribution in [1.29, 1.82) is 5.41 Å². The number of pyridine rings is 2.